The molecule has 0 saturated heterocycles. The summed E-state index contributed by atoms with van der Waals surface area (Å²) in [6.07, 6.45) is 52.8. The third kappa shape index (κ3) is 33.2. The van der Waals surface area contributed by atoms with E-state index in [1.807, 2.05) is 6.08 Å². The summed E-state index contributed by atoms with van der Waals surface area (Å²) in [5.74, 6) is -0.0846. The second-order valence-corrected chi connectivity index (χ2v) is 12.6. The highest BCUT2D eigenvalue weighted by Gasteiger charge is 2.17. The summed E-state index contributed by atoms with van der Waals surface area (Å²) in [5.41, 5.74) is 0. The van der Waals surface area contributed by atoms with Gasteiger partial charge in [-0.15, -0.1) is 0 Å². The summed E-state index contributed by atoms with van der Waals surface area (Å²) in [6.45, 7) is 4.14. The normalized spacial score (nSPS) is 13.9. The molecule has 0 aromatic carbocycles. The number of aliphatic hydroxyl groups is 2. The molecule has 0 rings (SSSR count). The maximum atomic E-state index is 12.3. The van der Waals surface area contributed by atoms with E-state index < -0.39 is 12.1 Å². The zero-order chi connectivity index (χ0) is 33.6. The molecule has 0 spiro atoms. The topological polar surface area (TPSA) is 69.6 Å². The molecule has 1 amide bonds. The molecular formula is C42H73NO3. The Labute approximate surface area is 285 Å². The number of allylic oxidation sites excluding steroid dienone is 11. The molecule has 0 radical (unpaired) electrons. The van der Waals surface area contributed by atoms with E-state index in [-0.39, 0.29) is 12.5 Å². The minimum Gasteiger partial charge on any atom is -0.394 e. The first-order chi connectivity index (χ1) is 22.7. The molecule has 0 aliphatic rings. The van der Waals surface area contributed by atoms with E-state index in [1.165, 1.54) is 89.9 Å². The lowest BCUT2D eigenvalue weighted by atomic mass is 10.0. The predicted octanol–water partition coefficient (Wildman–Crippen LogP) is 11.6. The molecule has 2 atom stereocenters. The van der Waals surface area contributed by atoms with Gasteiger partial charge in [-0.2, -0.15) is 0 Å². The number of hydrogen-bond donors (Lipinski definition) is 3. The van der Waals surface area contributed by atoms with Crippen LogP contribution in [0.2, 0.25) is 0 Å². The largest absolute Gasteiger partial charge is 0.394 e. The van der Waals surface area contributed by atoms with E-state index in [1.54, 1.807) is 6.08 Å². The van der Waals surface area contributed by atoms with Gasteiger partial charge in [-0.05, 0) is 70.6 Å². The number of carbonyl (C=O) groups is 1. The third-order valence-electron chi connectivity index (χ3n) is 8.17. The van der Waals surface area contributed by atoms with Crippen LogP contribution in [0, 0.1) is 0 Å². The van der Waals surface area contributed by atoms with Crippen molar-refractivity contribution in [1.29, 1.82) is 0 Å². The van der Waals surface area contributed by atoms with E-state index >= 15 is 0 Å². The second-order valence-electron chi connectivity index (χ2n) is 12.6. The van der Waals surface area contributed by atoms with Crippen molar-refractivity contribution < 1.29 is 15.0 Å². The zero-order valence-electron chi connectivity index (χ0n) is 30.1. The molecule has 4 nitrogen and oxygen atoms in total. The van der Waals surface area contributed by atoms with Crippen molar-refractivity contribution in [3.63, 3.8) is 0 Å². The van der Waals surface area contributed by atoms with Gasteiger partial charge in [-0.1, -0.05) is 164 Å². The quantitative estimate of drug-likeness (QED) is 0.0494. The van der Waals surface area contributed by atoms with Crippen LogP contribution in [0.3, 0.4) is 0 Å². The molecule has 264 valence electrons. The Morgan fingerprint density at radius 2 is 0.978 bits per heavy atom. The number of amides is 1. The van der Waals surface area contributed by atoms with Crippen molar-refractivity contribution >= 4 is 5.91 Å². The van der Waals surface area contributed by atoms with Crippen molar-refractivity contribution in [3.05, 3.63) is 72.9 Å². The third-order valence-corrected chi connectivity index (χ3v) is 8.17. The maximum absolute atomic E-state index is 12.3. The fourth-order valence-electron chi connectivity index (χ4n) is 5.24. The Balaban J connectivity index is 3.64. The maximum Gasteiger partial charge on any atom is 0.220 e. The summed E-state index contributed by atoms with van der Waals surface area (Å²) >= 11 is 0. The number of rotatable bonds is 33. The van der Waals surface area contributed by atoms with Crippen LogP contribution in [0.4, 0.5) is 0 Å². The van der Waals surface area contributed by atoms with Gasteiger partial charge in [0.1, 0.15) is 0 Å². The fourth-order valence-corrected chi connectivity index (χ4v) is 5.24. The first-order valence-corrected chi connectivity index (χ1v) is 19.2. The Kier molecular flexibility index (Phi) is 35.5. The molecular weight excluding hydrogens is 566 g/mol. The first-order valence-electron chi connectivity index (χ1n) is 19.2. The number of nitrogens with one attached hydrogen (secondary N) is 1. The minimum absolute atomic E-state index is 0.0846. The molecule has 4 heteroatoms. The van der Waals surface area contributed by atoms with E-state index in [4.69, 9.17) is 0 Å². The smallest absolute Gasteiger partial charge is 0.220 e. The molecule has 2 unspecified atom stereocenters. The lowest BCUT2D eigenvalue weighted by Gasteiger charge is -2.19. The summed E-state index contributed by atoms with van der Waals surface area (Å²) in [4.78, 5) is 12.3. The summed E-state index contributed by atoms with van der Waals surface area (Å²) in [5, 5.41) is 22.8. The van der Waals surface area contributed by atoms with Crippen LogP contribution >= 0.6 is 0 Å². The molecule has 3 N–H and O–H groups in total. The standard InChI is InChI=1S/C42H73NO3/c1-3-5-7-9-11-13-15-16-17-18-19-20-21-22-23-24-25-26-28-30-32-34-36-38-42(46)43-40(39-44)41(45)37-35-33-31-29-27-14-12-10-8-6-4-2/h5,7,11,13,16-17,19-20,27,29,35,37,40-41,44-45H,3-4,6,8-10,12,14-15,18,21-26,28,30-34,36,38-39H2,1-2H3,(H,43,46)/b7-5-,13-11-,17-16-,20-19-,29-27+,37-35+. The van der Waals surface area contributed by atoms with Gasteiger partial charge in [0.15, 0.2) is 0 Å². The van der Waals surface area contributed by atoms with E-state index in [0.29, 0.717) is 6.42 Å². The van der Waals surface area contributed by atoms with E-state index in [2.05, 4.69) is 79.9 Å². The molecule has 0 bridgehead atoms. The van der Waals surface area contributed by atoms with Crippen LogP contribution in [-0.2, 0) is 4.79 Å². The lowest BCUT2D eigenvalue weighted by molar-refractivity contribution is -0.123. The average molecular weight is 640 g/mol. The number of aliphatic hydroxyl groups excluding tert-OH is 2. The lowest BCUT2D eigenvalue weighted by Crippen LogP contribution is -2.45. The Bertz CT molecular complexity index is 823. The Morgan fingerprint density at radius 3 is 1.52 bits per heavy atom. The molecule has 0 fully saturated rings. The summed E-state index contributed by atoms with van der Waals surface area (Å²) in [7, 11) is 0. The van der Waals surface area contributed by atoms with Crippen LogP contribution in [0.5, 0.6) is 0 Å². The van der Waals surface area contributed by atoms with Crippen molar-refractivity contribution in [1.82, 2.24) is 5.32 Å². The molecule has 0 aliphatic carbocycles. The van der Waals surface area contributed by atoms with Crippen molar-refractivity contribution in [2.75, 3.05) is 6.61 Å². The van der Waals surface area contributed by atoms with Gasteiger partial charge in [-0.25, -0.2) is 0 Å². The van der Waals surface area contributed by atoms with Crippen LogP contribution in [0.25, 0.3) is 0 Å². The molecule has 0 aliphatic heterocycles. The van der Waals surface area contributed by atoms with Crippen LogP contribution in [0.15, 0.2) is 72.9 Å². The van der Waals surface area contributed by atoms with Crippen molar-refractivity contribution in [3.8, 4) is 0 Å². The van der Waals surface area contributed by atoms with Crippen LogP contribution in [0.1, 0.15) is 168 Å². The number of carbonyl (C=O) groups excluding carboxylic acids is 1. The molecule has 0 aromatic heterocycles. The molecule has 0 saturated carbocycles. The highest BCUT2D eigenvalue weighted by atomic mass is 16.3. The monoisotopic (exact) mass is 640 g/mol. The van der Waals surface area contributed by atoms with Gasteiger partial charge in [0.2, 0.25) is 5.91 Å². The van der Waals surface area contributed by atoms with Gasteiger partial charge in [-0.3, -0.25) is 4.79 Å². The average Bonchev–Trinajstić information content (AvgIpc) is 3.06. The SMILES string of the molecule is CC/C=C\C/C=C\C/C=C\C/C=C\CCCCCCCCCCCCC(=O)NC(CO)C(O)/C=C/CC/C=C/CCCCCCC. The van der Waals surface area contributed by atoms with Gasteiger partial charge in [0.05, 0.1) is 18.8 Å². The summed E-state index contributed by atoms with van der Waals surface area (Å²) in [6, 6.07) is -0.642. The number of hydrogen-bond acceptors (Lipinski definition) is 3. The molecule has 46 heavy (non-hydrogen) atoms. The van der Waals surface area contributed by atoms with E-state index in [9.17, 15) is 15.0 Å². The minimum atomic E-state index is -0.865. The van der Waals surface area contributed by atoms with Crippen molar-refractivity contribution in [2.45, 2.75) is 180 Å². The fraction of sp³-hybridized carbons (Fsp3) is 0.690. The summed E-state index contributed by atoms with van der Waals surface area (Å²) < 4.78 is 0. The zero-order valence-corrected chi connectivity index (χ0v) is 30.1. The first kappa shape index (κ1) is 43.8. The Morgan fingerprint density at radius 1 is 0.543 bits per heavy atom. The predicted molar refractivity (Wildman–Crippen MR) is 202 cm³/mol. The molecule has 0 heterocycles. The van der Waals surface area contributed by atoms with Gasteiger partial charge in [0.25, 0.3) is 0 Å². The van der Waals surface area contributed by atoms with E-state index in [0.717, 1.165) is 57.8 Å². The second kappa shape index (κ2) is 37.3. The number of unbranched alkanes of at least 4 members (excludes halogenated alkanes) is 16. The van der Waals surface area contributed by atoms with Crippen molar-refractivity contribution in [2.24, 2.45) is 0 Å². The van der Waals surface area contributed by atoms with Crippen LogP contribution < -0.4 is 5.32 Å². The van der Waals surface area contributed by atoms with Gasteiger partial charge < -0.3 is 15.5 Å². The van der Waals surface area contributed by atoms with Crippen LogP contribution in [-0.4, -0.2) is 34.9 Å². The highest BCUT2D eigenvalue weighted by Crippen LogP contribution is 2.13. The highest BCUT2D eigenvalue weighted by molar-refractivity contribution is 5.76. The van der Waals surface area contributed by atoms with Gasteiger partial charge >= 0.3 is 0 Å². The van der Waals surface area contributed by atoms with Gasteiger partial charge in [0, 0.05) is 6.42 Å². The Hall–Kier alpha value is -2.17. The molecule has 0 aromatic rings.